The molecular weight excluding hydrogens is 292 g/mol. The zero-order chi connectivity index (χ0) is 16.6. The Labute approximate surface area is 146 Å². The lowest BCUT2D eigenvalue weighted by molar-refractivity contribution is 0.191. The van der Waals surface area contributed by atoms with Gasteiger partial charge in [0.1, 0.15) is 0 Å². The van der Waals surface area contributed by atoms with E-state index >= 15 is 0 Å². The zero-order valence-corrected chi connectivity index (χ0v) is 14.8. The lowest BCUT2D eigenvalue weighted by Gasteiger charge is -2.35. The van der Waals surface area contributed by atoms with E-state index in [1.807, 2.05) is 0 Å². The van der Waals surface area contributed by atoms with Gasteiger partial charge < -0.3 is 10.2 Å². The summed E-state index contributed by atoms with van der Waals surface area (Å²) in [5.74, 6) is 0. The fourth-order valence-electron chi connectivity index (χ4n) is 3.62. The summed E-state index contributed by atoms with van der Waals surface area (Å²) in [5.41, 5.74) is 2.72. The van der Waals surface area contributed by atoms with Crippen LogP contribution in [0.4, 0.5) is 0 Å². The molecule has 3 rings (SSSR count). The van der Waals surface area contributed by atoms with Crippen LogP contribution in [0.3, 0.4) is 0 Å². The molecule has 2 aromatic rings. The Morgan fingerprint density at radius 1 is 0.917 bits per heavy atom. The average Bonchev–Trinajstić information content (AvgIpc) is 2.67. The van der Waals surface area contributed by atoms with Gasteiger partial charge in [0.25, 0.3) is 0 Å². The highest BCUT2D eigenvalue weighted by atomic mass is 15.1. The molecule has 2 heteroatoms. The smallest absolute Gasteiger partial charge is 0.0578 e. The monoisotopic (exact) mass is 322 g/mol. The molecule has 0 saturated carbocycles. The molecule has 1 aliphatic rings. The van der Waals surface area contributed by atoms with Crippen molar-refractivity contribution in [2.24, 2.45) is 0 Å². The molecule has 2 aromatic carbocycles. The van der Waals surface area contributed by atoms with Crippen molar-refractivity contribution < 1.29 is 0 Å². The Hall–Kier alpha value is -1.64. The summed E-state index contributed by atoms with van der Waals surface area (Å²) in [6.07, 6.45) is 5.12. The number of hydrogen-bond acceptors (Lipinski definition) is 2. The molecule has 1 N–H and O–H groups in total. The minimum Gasteiger partial charge on any atom is -0.303 e. The van der Waals surface area contributed by atoms with E-state index in [1.165, 1.54) is 56.4 Å². The van der Waals surface area contributed by atoms with E-state index in [2.05, 4.69) is 77.8 Å². The molecule has 128 valence electrons. The van der Waals surface area contributed by atoms with E-state index in [9.17, 15) is 0 Å². The average molecular weight is 322 g/mol. The van der Waals surface area contributed by atoms with E-state index in [0.29, 0.717) is 12.1 Å². The number of nitrogens with zero attached hydrogens (tertiary/aromatic N) is 1. The highest BCUT2D eigenvalue weighted by Crippen LogP contribution is 2.24. The maximum Gasteiger partial charge on any atom is 0.0578 e. The summed E-state index contributed by atoms with van der Waals surface area (Å²) in [4.78, 5) is 2.63. The SMILES string of the molecule is CCCCN1CCC(NC(c2ccccc2)c2ccccc2)CC1. The lowest BCUT2D eigenvalue weighted by Crippen LogP contribution is -2.44. The standard InChI is InChI=1S/C22H30N2/c1-2-3-16-24-17-14-21(15-18-24)23-22(19-10-6-4-7-11-19)20-12-8-5-9-13-20/h4-13,21-23H,2-3,14-18H2,1H3. The molecule has 24 heavy (non-hydrogen) atoms. The van der Waals surface area contributed by atoms with Crippen molar-refractivity contribution in [2.75, 3.05) is 19.6 Å². The van der Waals surface area contributed by atoms with Crippen LogP contribution < -0.4 is 5.32 Å². The van der Waals surface area contributed by atoms with Crippen LogP contribution in [0, 0.1) is 0 Å². The van der Waals surface area contributed by atoms with Gasteiger partial charge in [0.05, 0.1) is 6.04 Å². The maximum atomic E-state index is 3.94. The molecule has 0 amide bonds. The van der Waals surface area contributed by atoms with Crippen LogP contribution in [0.25, 0.3) is 0 Å². The quantitative estimate of drug-likeness (QED) is 0.799. The first-order chi connectivity index (χ1) is 11.9. The summed E-state index contributed by atoms with van der Waals surface area (Å²) in [5, 5.41) is 3.94. The molecule has 1 aliphatic heterocycles. The Balaban J connectivity index is 1.65. The van der Waals surface area contributed by atoms with Crippen LogP contribution in [0.2, 0.25) is 0 Å². The second-order valence-electron chi connectivity index (χ2n) is 6.89. The highest BCUT2D eigenvalue weighted by molar-refractivity contribution is 5.31. The van der Waals surface area contributed by atoms with Gasteiger partial charge in [-0.25, -0.2) is 0 Å². The van der Waals surface area contributed by atoms with Crippen LogP contribution in [0.5, 0.6) is 0 Å². The molecule has 1 fully saturated rings. The predicted molar refractivity (Wildman–Crippen MR) is 102 cm³/mol. The molecule has 0 atom stereocenters. The second kappa shape index (κ2) is 9.00. The van der Waals surface area contributed by atoms with Gasteiger partial charge in [-0.3, -0.25) is 0 Å². The van der Waals surface area contributed by atoms with Crippen LogP contribution in [-0.4, -0.2) is 30.6 Å². The van der Waals surface area contributed by atoms with Gasteiger partial charge in [0, 0.05) is 6.04 Å². The predicted octanol–water partition coefficient (Wildman–Crippen LogP) is 4.63. The van der Waals surface area contributed by atoms with Crippen LogP contribution in [0.1, 0.15) is 49.8 Å². The van der Waals surface area contributed by atoms with E-state index < -0.39 is 0 Å². The topological polar surface area (TPSA) is 15.3 Å². The lowest BCUT2D eigenvalue weighted by atomic mass is 9.95. The third-order valence-electron chi connectivity index (χ3n) is 5.08. The summed E-state index contributed by atoms with van der Waals surface area (Å²) < 4.78 is 0. The van der Waals surface area contributed by atoms with Gasteiger partial charge in [-0.1, -0.05) is 74.0 Å². The molecule has 1 saturated heterocycles. The highest BCUT2D eigenvalue weighted by Gasteiger charge is 2.23. The third kappa shape index (κ3) is 4.68. The first-order valence-electron chi connectivity index (χ1n) is 9.45. The number of likely N-dealkylation sites (tertiary alicyclic amines) is 1. The van der Waals surface area contributed by atoms with E-state index in [-0.39, 0.29) is 0 Å². The minimum atomic E-state index is 0.291. The number of hydrogen-bond donors (Lipinski definition) is 1. The van der Waals surface area contributed by atoms with Crippen molar-refractivity contribution in [1.82, 2.24) is 10.2 Å². The Morgan fingerprint density at radius 3 is 1.96 bits per heavy atom. The molecule has 0 aromatic heterocycles. The largest absolute Gasteiger partial charge is 0.303 e. The molecule has 0 unspecified atom stereocenters. The summed E-state index contributed by atoms with van der Waals surface area (Å²) in [6.45, 7) is 6.00. The molecule has 0 spiro atoms. The van der Waals surface area contributed by atoms with Gasteiger partial charge >= 0.3 is 0 Å². The van der Waals surface area contributed by atoms with E-state index in [4.69, 9.17) is 0 Å². The van der Waals surface area contributed by atoms with Gasteiger partial charge in [0.2, 0.25) is 0 Å². The Kier molecular flexibility index (Phi) is 6.45. The third-order valence-corrected chi connectivity index (χ3v) is 5.08. The van der Waals surface area contributed by atoms with E-state index in [0.717, 1.165) is 0 Å². The minimum absolute atomic E-state index is 0.291. The molecule has 0 aliphatic carbocycles. The summed E-state index contributed by atoms with van der Waals surface area (Å²) >= 11 is 0. The van der Waals surface area contributed by atoms with Gasteiger partial charge in [-0.15, -0.1) is 0 Å². The number of piperidine rings is 1. The fourth-order valence-corrected chi connectivity index (χ4v) is 3.62. The maximum absolute atomic E-state index is 3.94. The summed E-state index contributed by atoms with van der Waals surface area (Å²) in [7, 11) is 0. The number of nitrogens with one attached hydrogen (secondary N) is 1. The second-order valence-corrected chi connectivity index (χ2v) is 6.89. The zero-order valence-electron chi connectivity index (χ0n) is 14.8. The summed E-state index contributed by atoms with van der Waals surface area (Å²) in [6, 6.07) is 22.6. The van der Waals surface area contributed by atoms with Gasteiger partial charge in [-0.05, 0) is 50.0 Å². The van der Waals surface area contributed by atoms with Crippen molar-refractivity contribution >= 4 is 0 Å². The van der Waals surface area contributed by atoms with Crippen molar-refractivity contribution in [3.05, 3.63) is 71.8 Å². The normalized spacial score (nSPS) is 16.6. The molecule has 0 radical (unpaired) electrons. The van der Waals surface area contributed by atoms with Crippen LogP contribution in [-0.2, 0) is 0 Å². The molecule has 1 heterocycles. The molecule has 0 bridgehead atoms. The number of rotatable bonds is 7. The number of unbranched alkanes of at least 4 members (excludes halogenated alkanes) is 1. The Bertz CT molecular complexity index is 534. The molecular formula is C22H30N2. The first-order valence-corrected chi connectivity index (χ1v) is 9.45. The number of benzene rings is 2. The van der Waals surface area contributed by atoms with Crippen molar-refractivity contribution in [1.29, 1.82) is 0 Å². The van der Waals surface area contributed by atoms with Crippen molar-refractivity contribution in [2.45, 2.75) is 44.7 Å². The first kappa shape index (κ1) is 17.2. The van der Waals surface area contributed by atoms with Crippen LogP contribution in [0.15, 0.2) is 60.7 Å². The van der Waals surface area contributed by atoms with Gasteiger partial charge in [-0.2, -0.15) is 0 Å². The Morgan fingerprint density at radius 2 is 1.46 bits per heavy atom. The fraction of sp³-hybridized carbons (Fsp3) is 0.455. The van der Waals surface area contributed by atoms with Gasteiger partial charge in [0.15, 0.2) is 0 Å². The van der Waals surface area contributed by atoms with Crippen molar-refractivity contribution in [3.63, 3.8) is 0 Å². The van der Waals surface area contributed by atoms with Crippen LogP contribution >= 0.6 is 0 Å². The van der Waals surface area contributed by atoms with Crippen molar-refractivity contribution in [3.8, 4) is 0 Å². The molecule has 2 nitrogen and oxygen atoms in total. The van der Waals surface area contributed by atoms with E-state index in [1.54, 1.807) is 0 Å².